The van der Waals surface area contributed by atoms with Crippen molar-refractivity contribution in [3.05, 3.63) is 84.1 Å². The summed E-state index contributed by atoms with van der Waals surface area (Å²) in [6.45, 7) is 3.84. The predicted molar refractivity (Wildman–Crippen MR) is 131 cm³/mol. The van der Waals surface area contributed by atoms with Crippen molar-refractivity contribution in [1.29, 1.82) is 0 Å². The Balaban J connectivity index is 1.31. The summed E-state index contributed by atoms with van der Waals surface area (Å²) in [5.41, 5.74) is 3.49. The summed E-state index contributed by atoms with van der Waals surface area (Å²) < 4.78 is 5.82. The summed E-state index contributed by atoms with van der Waals surface area (Å²) in [5.74, 6) is 1.44. The highest BCUT2D eigenvalue weighted by Crippen LogP contribution is 2.42. The minimum Gasteiger partial charge on any atom is -0.486 e. The molecule has 0 unspecified atom stereocenters. The lowest BCUT2D eigenvalue weighted by atomic mass is 9.76. The number of halogens is 1. The molecule has 3 heterocycles. The van der Waals surface area contributed by atoms with E-state index in [2.05, 4.69) is 37.1 Å². The van der Waals surface area contributed by atoms with Gasteiger partial charge in [-0.1, -0.05) is 24.2 Å². The standard InChI is InChI=1S/C25H23ClN6O2/c1-2-22(33)31-18-9-15(10-18)19-12-28-24-23(19)25(30-14-29-24)32-16-6-7-21(20(26)11-16)34-13-17-5-3-4-8-27-17/h2-8,11-12,14-15,18H,1,9-10,13H2,(H,31,33)(H2,28,29,30,32). The highest BCUT2D eigenvalue weighted by atomic mass is 35.5. The van der Waals surface area contributed by atoms with Gasteiger partial charge in [0.15, 0.2) is 0 Å². The van der Waals surface area contributed by atoms with Gasteiger partial charge >= 0.3 is 0 Å². The van der Waals surface area contributed by atoms with Crippen LogP contribution in [0.4, 0.5) is 11.5 Å². The zero-order valence-electron chi connectivity index (χ0n) is 18.3. The molecular formula is C25H23ClN6O2. The van der Waals surface area contributed by atoms with Crippen LogP contribution in [0, 0.1) is 0 Å². The number of H-pyrrole nitrogens is 1. The minimum absolute atomic E-state index is 0.141. The SMILES string of the molecule is C=CC(=O)NC1CC(c2c[nH]c3ncnc(Nc4ccc(OCc5ccccn5)c(Cl)c4)c23)C1. The molecule has 1 amide bonds. The van der Waals surface area contributed by atoms with Crippen molar-refractivity contribution < 1.29 is 9.53 Å². The van der Waals surface area contributed by atoms with Crippen molar-refractivity contribution >= 4 is 40.0 Å². The normalized spacial score (nSPS) is 17.1. The first-order valence-electron chi connectivity index (χ1n) is 10.9. The molecule has 1 aliphatic carbocycles. The average Bonchev–Trinajstić information content (AvgIpc) is 3.26. The Bertz CT molecular complexity index is 1330. The summed E-state index contributed by atoms with van der Waals surface area (Å²) in [5, 5.41) is 7.74. The Hall–Kier alpha value is -3.91. The van der Waals surface area contributed by atoms with E-state index in [9.17, 15) is 4.79 Å². The molecule has 0 bridgehead atoms. The summed E-state index contributed by atoms with van der Waals surface area (Å²) in [6.07, 6.45) is 8.23. The van der Waals surface area contributed by atoms with Gasteiger partial charge in [-0.3, -0.25) is 9.78 Å². The molecule has 1 aromatic carbocycles. The largest absolute Gasteiger partial charge is 0.486 e. The van der Waals surface area contributed by atoms with Crippen LogP contribution in [-0.2, 0) is 11.4 Å². The number of anilines is 2. The number of benzene rings is 1. The molecule has 1 fully saturated rings. The number of carbonyl (C=O) groups excluding carboxylic acids is 1. The number of ether oxygens (including phenoxy) is 1. The second-order valence-corrected chi connectivity index (χ2v) is 8.56. The zero-order valence-corrected chi connectivity index (χ0v) is 19.0. The third-order valence-electron chi connectivity index (χ3n) is 5.91. The molecule has 0 saturated heterocycles. The van der Waals surface area contributed by atoms with Crippen LogP contribution in [0.15, 0.2) is 67.8 Å². The van der Waals surface area contributed by atoms with Crippen molar-refractivity contribution in [3.8, 4) is 5.75 Å². The third-order valence-corrected chi connectivity index (χ3v) is 6.20. The molecule has 9 heteroatoms. The van der Waals surface area contributed by atoms with Crippen molar-refractivity contribution in [2.45, 2.75) is 31.4 Å². The van der Waals surface area contributed by atoms with Gasteiger partial charge in [0.25, 0.3) is 0 Å². The van der Waals surface area contributed by atoms with Gasteiger partial charge in [0.05, 0.1) is 16.1 Å². The van der Waals surface area contributed by atoms with E-state index >= 15 is 0 Å². The van der Waals surface area contributed by atoms with Crippen LogP contribution >= 0.6 is 11.6 Å². The molecule has 3 aromatic heterocycles. The molecule has 0 atom stereocenters. The summed E-state index contributed by atoms with van der Waals surface area (Å²) >= 11 is 6.48. The van der Waals surface area contributed by atoms with Gasteiger partial charge in [-0.15, -0.1) is 0 Å². The van der Waals surface area contributed by atoms with Gasteiger partial charge in [0.2, 0.25) is 5.91 Å². The molecule has 0 aliphatic heterocycles. The number of nitrogens with one attached hydrogen (secondary N) is 3. The van der Waals surface area contributed by atoms with E-state index < -0.39 is 0 Å². The predicted octanol–water partition coefficient (Wildman–Crippen LogP) is 4.88. The number of aromatic nitrogens is 4. The van der Waals surface area contributed by atoms with Crippen molar-refractivity contribution in [2.24, 2.45) is 0 Å². The number of hydrogen-bond donors (Lipinski definition) is 3. The van der Waals surface area contributed by atoms with Gasteiger partial charge in [-0.05, 0) is 60.7 Å². The third kappa shape index (κ3) is 4.58. The number of nitrogens with zero attached hydrogens (tertiary/aromatic N) is 3. The molecule has 4 aromatic rings. The van der Waals surface area contributed by atoms with Crippen LogP contribution in [0.1, 0.15) is 30.0 Å². The first-order chi connectivity index (χ1) is 16.6. The number of fused-ring (bicyclic) bond motifs is 1. The Morgan fingerprint density at radius 1 is 1.24 bits per heavy atom. The Labute approximate surface area is 201 Å². The Morgan fingerprint density at radius 3 is 2.88 bits per heavy atom. The molecule has 172 valence electrons. The summed E-state index contributed by atoms with van der Waals surface area (Å²) in [7, 11) is 0. The van der Waals surface area contributed by atoms with Gasteiger partial charge in [0, 0.05) is 24.1 Å². The van der Waals surface area contributed by atoms with Crippen LogP contribution in [-0.4, -0.2) is 31.9 Å². The molecule has 3 N–H and O–H groups in total. The van der Waals surface area contributed by atoms with E-state index in [-0.39, 0.29) is 11.9 Å². The Morgan fingerprint density at radius 2 is 2.12 bits per heavy atom. The second kappa shape index (κ2) is 9.52. The first kappa shape index (κ1) is 21.9. The molecule has 1 aliphatic rings. The molecule has 8 nitrogen and oxygen atoms in total. The molecule has 5 rings (SSSR count). The number of hydrogen-bond acceptors (Lipinski definition) is 6. The van der Waals surface area contributed by atoms with E-state index in [4.69, 9.17) is 16.3 Å². The number of aromatic amines is 1. The molecule has 0 spiro atoms. The highest BCUT2D eigenvalue weighted by Gasteiger charge is 2.33. The maximum Gasteiger partial charge on any atom is 0.243 e. The monoisotopic (exact) mass is 474 g/mol. The van der Waals surface area contributed by atoms with Crippen LogP contribution in [0.3, 0.4) is 0 Å². The summed E-state index contributed by atoms with van der Waals surface area (Å²) in [4.78, 5) is 27.9. The first-order valence-corrected chi connectivity index (χ1v) is 11.3. The van der Waals surface area contributed by atoms with E-state index in [1.807, 2.05) is 36.5 Å². The van der Waals surface area contributed by atoms with Crippen molar-refractivity contribution in [3.63, 3.8) is 0 Å². The Kier molecular flexibility index (Phi) is 6.14. The lowest BCUT2D eigenvalue weighted by Crippen LogP contribution is -2.42. The lowest BCUT2D eigenvalue weighted by Gasteiger charge is -2.35. The fraction of sp³-hybridized carbons (Fsp3) is 0.200. The highest BCUT2D eigenvalue weighted by molar-refractivity contribution is 6.32. The van der Waals surface area contributed by atoms with Crippen molar-refractivity contribution in [2.75, 3.05) is 5.32 Å². The van der Waals surface area contributed by atoms with Crippen LogP contribution in [0.2, 0.25) is 5.02 Å². The molecule has 1 saturated carbocycles. The van der Waals surface area contributed by atoms with Crippen LogP contribution < -0.4 is 15.4 Å². The molecule has 0 radical (unpaired) electrons. The van der Waals surface area contributed by atoms with Gasteiger partial charge in [0.1, 0.15) is 30.1 Å². The fourth-order valence-electron chi connectivity index (χ4n) is 4.12. The van der Waals surface area contributed by atoms with Crippen molar-refractivity contribution in [1.82, 2.24) is 25.3 Å². The van der Waals surface area contributed by atoms with Gasteiger partial charge in [-0.25, -0.2) is 9.97 Å². The van der Waals surface area contributed by atoms with E-state index in [1.54, 1.807) is 12.3 Å². The average molecular weight is 475 g/mol. The maximum atomic E-state index is 11.6. The van der Waals surface area contributed by atoms with Gasteiger partial charge in [-0.2, -0.15) is 0 Å². The number of carbonyl (C=O) groups is 1. The van der Waals surface area contributed by atoms with E-state index in [0.717, 1.165) is 40.8 Å². The second-order valence-electron chi connectivity index (χ2n) is 8.15. The molecular weight excluding hydrogens is 452 g/mol. The number of rotatable bonds is 8. The number of amides is 1. The zero-order chi connectivity index (χ0) is 23.5. The molecule has 34 heavy (non-hydrogen) atoms. The number of pyridine rings is 1. The maximum absolute atomic E-state index is 11.6. The topological polar surface area (TPSA) is 105 Å². The van der Waals surface area contributed by atoms with Gasteiger partial charge < -0.3 is 20.4 Å². The fourth-order valence-corrected chi connectivity index (χ4v) is 4.36. The smallest absolute Gasteiger partial charge is 0.243 e. The summed E-state index contributed by atoms with van der Waals surface area (Å²) in [6, 6.07) is 11.3. The van der Waals surface area contributed by atoms with Crippen LogP contribution in [0.25, 0.3) is 11.0 Å². The lowest BCUT2D eigenvalue weighted by molar-refractivity contribution is -0.117. The van der Waals surface area contributed by atoms with E-state index in [0.29, 0.717) is 29.1 Å². The van der Waals surface area contributed by atoms with E-state index in [1.165, 1.54) is 12.4 Å². The quantitative estimate of drug-likeness (QED) is 0.314. The van der Waals surface area contributed by atoms with Crippen LogP contribution in [0.5, 0.6) is 5.75 Å². The minimum atomic E-state index is -0.141.